The van der Waals surface area contributed by atoms with Crippen LogP contribution < -0.4 is 0 Å². The van der Waals surface area contributed by atoms with Crippen LogP contribution in [-0.4, -0.2) is 32.7 Å². The first-order chi connectivity index (χ1) is 10.9. The Morgan fingerprint density at radius 1 is 1.39 bits per heavy atom. The van der Waals surface area contributed by atoms with Crippen LogP contribution in [0.1, 0.15) is 32.3 Å². The Labute approximate surface area is 138 Å². The standard InChI is InChI=1S/C16H18N2O4S/c1-4-23-15-10(3)17-9(2)13(16(19)20)14(15)11-7-5-6-8-12(11)18(21)22/h5-8,14-15H,4H2,1-3H3,(H,19,20). The van der Waals surface area contributed by atoms with Crippen LogP contribution in [0.25, 0.3) is 0 Å². The summed E-state index contributed by atoms with van der Waals surface area (Å²) in [6.07, 6.45) is 0. The van der Waals surface area contributed by atoms with Gasteiger partial charge in [-0.25, -0.2) is 4.79 Å². The Kier molecular flexibility index (Phi) is 5.20. The van der Waals surface area contributed by atoms with E-state index in [2.05, 4.69) is 4.99 Å². The summed E-state index contributed by atoms with van der Waals surface area (Å²) in [6, 6.07) is 6.34. The van der Waals surface area contributed by atoms with E-state index in [0.29, 0.717) is 11.3 Å². The number of nitro groups is 1. The normalized spacial score (nSPS) is 21.1. The molecule has 7 heteroatoms. The second-order valence-electron chi connectivity index (χ2n) is 5.23. The molecule has 23 heavy (non-hydrogen) atoms. The number of carboxylic acid groups (broad SMARTS) is 1. The molecule has 0 spiro atoms. The van der Waals surface area contributed by atoms with E-state index in [1.54, 1.807) is 36.9 Å². The molecule has 0 saturated carbocycles. The van der Waals surface area contributed by atoms with Crippen molar-refractivity contribution in [1.29, 1.82) is 0 Å². The molecule has 2 atom stereocenters. The van der Waals surface area contributed by atoms with Crippen molar-refractivity contribution < 1.29 is 14.8 Å². The van der Waals surface area contributed by atoms with Crippen LogP contribution in [0, 0.1) is 10.1 Å². The molecule has 0 aromatic heterocycles. The number of nitro benzene ring substituents is 1. The summed E-state index contributed by atoms with van der Waals surface area (Å²) < 4.78 is 0. The third kappa shape index (κ3) is 3.29. The summed E-state index contributed by atoms with van der Waals surface area (Å²) in [5, 5.41) is 20.8. The van der Waals surface area contributed by atoms with Crippen molar-refractivity contribution in [2.75, 3.05) is 5.75 Å². The van der Waals surface area contributed by atoms with E-state index in [1.165, 1.54) is 6.07 Å². The summed E-state index contributed by atoms with van der Waals surface area (Å²) in [4.78, 5) is 27.1. The van der Waals surface area contributed by atoms with Gasteiger partial charge in [0.15, 0.2) is 0 Å². The Hall–Kier alpha value is -2.15. The van der Waals surface area contributed by atoms with Gasteiger partial charge in [0.1, 0.15) is 0 Å². The zero-order valence-corrected chi connectivity index (χ0v) is 14.0. The molecule has 0 radical (unpaired) electrons. The summed E-state index contributed by atoms with van der Waals surface area (Å²) in [5.74, 6) is -0.902. The second kappa shape index (κ2) is 6.95. The van der Waals surface area contributed by atoms with Crippen LogP contribution in [0.3, 0.4) is 0 Å². The predicted molar refractivity (Wildman–Crippen MR) is 91.2 cm³/mol. The van der Waals surface area contributed by atoms with Crippen molar-refractivity contribution >= 4 is 29.1 Å². The molecule has 1 heterocycles. The minimum Gasteiger partial charge on any atom is -0.478 e. The van der Waals surface area contributed by atoms with Crippen molar-refractivity contribution in [2.45, 2.75) is 31.9 Å². The first-order valence-corrected chi connectivity index (χ1v) is 8.27. The highest BCUT2D eigenvalue weighted by Gasteiger charge is 2.39. The van der Waals surface area contributed by atoms with E-state index in [-0.39, 0.29) is 16.5 Å². The molecule has 1 aromatic carbocycles. The smallest absolute Gasteiger partial charge is 0.334 e. The molecule has 6 nitrogen and oxygen atoms in total. The highest BCUT2D eigenvalue weighted by molar-refractivity contribution is 8.00. The quantitative estimate of drug-likeness (QED) is 0.655. The Morgan fingerprint density at radius 2 is 2.04 bits per heavy atom. The lowest BCUT2D eigenvalue weighted by atomic mass is 9.82. The van der Waals surface area contributed by atoms with Gasteiger partial charge in [0, 0.05) is 29.0 Å². The van der Waals surface area contributed by atoms with Gasteiger partial charge in [-0.05, 0) is 19.6 Å². The van der Waals surface area contributed by atoms with E-state index < -0.39 is 16.8 Å². The Bertz CT molecular complexity index is 712. The van der Waals surface area contributed by atoms with Crippen molar-refractivity contribution in [3.63, 3.8) is 0 Å². The number of benzene rings is 1. The van der Waals surface area contributed by atoms with E-state index >= 15 is 0 Å². The zero-order chi connectivity index (χ0) is 17.1. The average Bonchev–Trinajstić information content (AvgIpc) is 2.49. The number of aliphatic imine (C=N–C) groups is 1. The van der Waals surface area contributed by atoms with Crippen LogP contribution in [0.5, 0.6) is 0 Å². The molecule has 0 saturated heterocycles. The molecule has 0 bridgehead atoms. The highest BCUT2D eigenvalue weighted by atomic mass is 32.2. The van der Waals surface area contributed by atoms with Crippen molar-refractivity contribution in [1.82, 2.24) is 0 Å². The van der Waals surface area contributed by atoms with E-state index in [1.807, 2.05) is 13.8 Å². The molecule has 1 N–H and O–H groups in total. The van der Waals surface area contributed by atoms with Gasteiger partial charge in [-0.2, -0.15) is 11.8 Å². The van der Waals surface area contributed by atoms with Crippen molar-refractivity contribution in [3.8, 4) is 0 Å². The van der Waals surface area contributed by atoms with Gasteiger partial charge in [-0.3, -0.25) is 15.1 Å². The SMILES string of the molecule is CCSC1C(C)=NC(C)=C(C(=O)O)C1c1ccccc1[N+](=O)[O-]. The summed E-state index contributed by atoms with van der Waals surface area (Å²) >= 11 is 1.56. The fourth-order valence-corrected chi connectivity index (χ4v) is 4.05. The summed E-state index contributed by atoms with van der Waals surface area (Å²) in [7, 11) is 0. The Balaban J connectivity index is 2.70. The topological polar surface area (TPSA) is 92.8 Å². The number of hydrogen-bond donors (Lipinski definition) is 1. The number of allylic oxidation sites excluding steroid dienone is 1. The first-order valence-electron chi connectivity index (χ1n) is 7.22. The van der Waals surface area contributed by atoms with Gasteiger partial charge in [0.25, 0.3) is 5.69 Å². The lowest BCUT2D eigenvalue weighted by Crippen LogP contribution is -2.32. The van der Waals surface area contributed by atoms with E-state index in [0.717, 1.165) is 11.5 Å². The number of nitrogens with zero attached hydrogens (tertiary/aromatic N) is 2. The van der Waals surface area contributed by atoms with Crippen LogP contribution in [0.2, 0.25) is 0 Å². The van der Waals surface area contributed by atoms with Gasteiger partial charge in [-0.15, -0.1) is 0 Å². The Morgan fingerprint density at radius 3 is 2.61 bits per heavy atom. The monoisotopic (exact) mass is 334 g/mol. The minimum absolute atomic E-state index is 0.0551. The van der Waals surface area contributed by atoms with Gasteiger partial charge in [-0.1, -0.05) is 25.1 Å². The fourth-order valence-electron chi connectivity index (χ4n) is 2.93. The van der Waals surface area contributed by atoms with Crippen molar-refractivity contribution in [2.24, 2.45) is 4.99 Å². The molecular formula is C16H18N2O4S. The average molecular weight is 334 g/mol. The minimum atomic E-state index is -1.08. The number of rotatable bonds is 5. The number of thioether (sulfide) groups is 1. The first kappa shape index (κ1) is 17.2. The molecule has 0 fully saturated rings. The van der Waals surface area contributed by atoms with E-state index in [4.69, 9.17) is 0 Å². The molecule has 122 valence electrons. The number of aliphatic carboxylic acids is 1. The van der Waals surface area contributed by atoms with E-state index in [9.17, 15) is 20.0 Å². The van der Waals surface area contributed by atoms with Crippen LogP contribution >= 0.6 is 11.8 Å². The second-order valence-corrected chi connectivity index (χ2v) is 6.65. The lowest BCUT2D eigenvalue weighted by Gasteiger charge is -2.31. The maximum absolute atomic E-state index is 11.8. The molecule has 1 aromatic rings. The van der Waals surface area contributed by atoms with Crippen molar-refractivity contribution in [3.05, 3.63) is 51.2 Å². The molecular weight excluding hydrogens is 316 g/mol. The highest BCUT2D eigenvalue weighted by Crippen LogP contribution is 2.43. The van der Waals surface area contributed by atoms with Crippen LogP contribution in [0.15, 0.2) is 40.5 Å². The molecule has 2 unspecified atom stereocenters. The number of carboxylic acids is 1. The molecule has 0 aliphatic carbocycles. The third-order valence-corrected chi connectivity index (χ3v) is 5.11. The fraction of sp³-hybridized carbons (Fsp3) is 0.375. The van der Waals surface area contributed by atoms with Crippen LogP contribution in [-0.2, 0) is 4.79 Å². The number of hydrogen-bond acceptors (Lipinski definition) is 5. The predicted octanol–water partition coefficient (Wildman–Crippen LogP) is 3.63. The summed E-state index contributed by atoms with van der Waals surface area (Å²) in [6.45, 7) is 5.46. The zero-order valence-electron chi connectivity index (χ0n) is 13.1. The molecule has 2 rings (SSSR count). The maximum Gasteiger partial charge on any atom is 0.334 e. The molecule has 1 aliphatic rings. The third-order valence-electron chi connectivity index (χ3n) is 3.80. The largest absolute Gasteiger partial charge is 0.478 e. The van der Waals surface area contributed by atoms with Gasteiger partial charge < -0.3 is 5.11 Å². The lowest BCUT2D eigenvalue weighted by molar-refractivity contribution is -0.385. The van der Waals surface area contributed by atoms with Gasteiger partial charge >= 0.3 is 5.97 Å². The van der Waals surface area contributed by atoms with Crippen LogP contribution in [0.4, 0.5) is 5.69 Å². The number of para-hydroxylation sites is 1. The molecule has 0 amide bonds. The van der Waals surface area contributed by atoms with Gasteiger partial charge in [0.05, 0.1) is 15.7 Å². The molecule has 1 aliphatic heterocycles. The maximum atomic E-state index is 11.8. The number of carbonyl (C=O) groups is 1. The summed E-state index contributed by atoms with van der Waals surface area (Å²) in [5.41, 5.74) is 1.71. The van der Waals surface area contributed by atoms with Gasteiger partial charge in [0.2, 0.25) is 0 Å².